The molecule has 0 aliphatic heterocycles. The van der Waals surface area contributed by atoms with Crippen LogP contribution < -0.4 is 15.8 Å². The average Bonchev–Trinajstić information content (AvgIpc) is 2.87. The van der Waals surface area contributed by atoms with E-state index in [0.29, 0.717) is 11.1 Å². The highest BCUT2D eigenvalue weighted by molar-refractivity contribution is 9.10. The first-order valence-corrected chi connectivity index (χ1v) is 11.2. The summed E-state index contributed by atoms with van der Waals surface area (Å²) in [7, 11) is 2.73. The van der Waals surface area contributed by atoms with Crippen LogP contribution in [-0.4, -0.2) is 25.0 Å². The van der Waals surface area contributed by atoms with E-state index in [1.165, 1.54) is 26.5 Å². The fourth-order valence-electron chi connectivity index (χ4n) is 4.05. The minimum absolute atomic E-state index is 0.0457. The summed E-state index contributed by atoms with van der Waals surface area (Å²) in [6, 6.07) is 14.8. The number of nitrogens with zero attached hydrogens (tertiary/aromatic N) is 4. The molecule has 34 heavy (non-hydrogen) atoms. The van der Waals surface area contributed by atoms with E-state index in [2.05, 4.69) is 20.9 Å². The summed E-state index contributed by atoms with van der Waals surface area (Å²) in [5.41, 5.74) is -0.351. The van der Waals surface area contributed by atoms with Crippen LogP contribution in [0, 0.1) is 0 Å². The normalized spacial score (nSPS) is 12.8. The molecular formula is C25H22BrN4O4+. The maximum absolute atomic E-state index is 13.9. The fourth-order valence-corrected chi connectivity index (χ4v) is 4.32. The predicted molar refractivity (Wildman–Crippen MR) is 129 cm³/mol. The smallest absolute Gasteiger partial charge is 0.333 e. The van der Waals surface area contributed by atoms with Crippen LogP contribution in [0.15, 0.2) is 93.4 Å². The Morgan fingerprint density at radius 1 is 0.971 bits per heavy atom. The second-order valence-corrected chi connectivity index (χ2v) is 8.76. The van der Waals surface area contributed by atoms with Gasteiger partial charge in [0.25, 0.3) is 5.56 Å². The number of benzene rings is 1. The second kappa shape index (κ2) is 9.56. The van der Waals surface area contributed by atoms with Crippen molar-refractivity contribution in [3.63, 3.8) is 0 Å². The summed E-state index contributed by atoms with van der Waals surface area (Å²) in [6.45, 7) is 0. The highest BCUT2D eigenvalue weighted by Gasteiger charge is 2.42. The minimum atomic E-state index is -0.944. The van der Waals surface area contributed by atoms with Crippen LogP contribution in [0.2, 0.25) is 0 Å². The lowest BCUT2D eigenvalue weighted by atomic mass is 9.82. The number of Topliss-reactive ketones (excluding diaryl/α,β-unsaturated/α-hetero) is 1. The first-order chi connectivity index (χ1) is 16.3. The van der Waals surface area contributed by atoms with Crippen molar-refractivity contribution in [2.45, 2.75) is 12.0 Å². The third-order valence-corrected chi connectivity index (χ3v) is 6.35. The van der Waals surface area contributed by atoms with Gasteiger partial charge in [-0.1, -0.05) is 34.1 Å². The Morgan fingerprint density at radius 3 is 2.21 bits per heavy atom. The number of rotatable bonds is 6. The molecule has 1 aromatic carbocycles. The quantitative estimate of drug-likeness (QED) is 0.310. The van der Waals surface area contributed by atoms with Crippen LogP contribution in [0.3, 0.4) is 0 Å². The standard InChI is InChI=1S/C25H21BrN4O4/c1-28-23(32)20(24(33)29(2)25(28)34)19(16-6-8-18(26)9-7-16)21(30-14-4-3-5-15-30)22(31)17-10-12-27-13-11-17/h3-15,19,21H,1-2H3/p+1. The van der Waals surface area contributed by atoms with Crippen LogP contribution in [0.25, 0.3) is 0 Å². The van der Waals surface area contributed by atoms with Crippen molar-refractivity contribution in [2.24, 2.45) is 14.1 Å². The Hall–Kier alpha value is -3.85. The van der Waals surface area contributed by atoms with Gasteiger partial charge in [0.1, 0.15) is 0 Å². The Labute approximate surface area is 203 Å². The molecule has 1 N–H and O–H groups in total. The van der Waals surface area contributed by atoms with Gasteiger partial charge in [0.05, 0.1) is 11.5 Å². The number of hydrogen-bond donors (Lipinski definition) is 1. The highest BCUT2D eigenvalue weighted by Crippen LogP contribution is 2.37. The fraction of sp³-hybridized carbons (Fsp3) is 0.160. The number of halogens is 1. The minimum Gasteiger partial charge on any atom is -0.494 e. The van der Waals surface area contributed by atoms with Gasteiger partial charge in [0, 0.05) is 48.7 Å². The molecule has 9 heteroatoms. The van der Waals surface area contributed by atoms with Crippen molar-refractivity contribution in [1.82, 2.24) is 14.1 Å². The van der Waals surface area contributed by atoms with Gasteiger partial charge in [0.2, 0.25) is 17.7 Å². The number of carbonyl (C=O) groups excluding carboxylic acids is 1. The molecule has 3 heterocycles. The van der Waals surface area contributed by atoms with E-state index in [1.54, 1.807) is 65.5 Å². The molecule has 2 atom stereocenters. The van der Waals surface area contributed by atoms with Gasteiger partial charge in [-0.05, 0) is 29.8 Å². The van der Waals surface area contributed by atoms with E-state index in [-0.39, 0.29) is 11.3 Å². The van der Waals surface area contributed by atoms with Gasteiger partial charge in [-0.15, -0.1) is 0 Å². The molecule has 172 valence electrons. The molecule has 0 aliphatic carbocycles. The van der Waals surface area contributed by atoms with Crippen LogP contribution in [0.1, 0.15) is 33.4 Å². The van der Waals surface area contributed by atoms with Crippen LogP contribution >= 0.6 is 15.9 Å². The third kappa shape index (κ3) is 4.22. The zero-order chi connectivity index (χ0) is 24.4. The highest BCUT2D eigenvalue weighted by atomic mass is 79.9. The van der Waals surface area contributed by atoms with Crippen molar-refractivity contribution in [3.8, 4) is 5.88 Å². The van der Waals surface area contributed by atoms with Crippen molar-refractivity contribution in [2.75, 3.05) is 0 Å². The molecule has 0 amide bonds. The molecule has 2 unspecified atom stereocenters. The van der Waals surface area contributed by atoms with Crippen LogP contribution in [0.4, 0.5) is 0 Å². The summed E-state index contributed by atoms with van der Waals surface area (Å²) in [6.07, 6.45) is 6.52. The summed E-state index contributed by atoms with van der Waals surface area (Å²) in [4.78, 5) is 43.8. The Bertz CT molecular complexity index is 1450. The van der Waals surface area contributed by atoms with E-state index in [9.17, 15) is 19.5 Å². The molecule has 0 spiro atoms. The lowest BCUT2D eigenvalue weighted by Gasteiger charge is -2.24. The Balaban J connectivity index is 2.08. The Morgan fingerprint density at radius 2 is 1.59 bits per heavy atom. The lowest BCUT2D eigenvalue weighted by molar-refractivity contribution is -0.710. The van der Waals surface area contributed by atoms with Gasteiger partial charge >= 0.3 is 5.69 Å². The summed E-state index contributed by atoms with van der Waals surface area (Å²) < 4.78 is 4.47. The molecule has 0 saturated heterocycles. The molecule has 0 aliphatic rings. The maximum Gasteiger partial charge on any atom is 0.333 e. The molecule has 3 aromatic heterocycles. The van der Waals surface area contributed by atoms with Crippen LogP contribution in [0.5, 0.6) is 5.88 Å². The van der Waals surface area contributed by atoms with Crippen molar-refractivity contribution < 1.29 is 14.5 Å². The van der Waals surface area contributed by atoms with Crippen molar-refractivity contribution >= 4 is 21.7 Å². The molecule has 4 rings (SSSR count). The summed E-state index contributed by atoms with van der Waals surface area (Å²) >= 11 is 3.42. The first-order valence-electron chi connectivity index (χ1n) is 10.5. The number of ketones is 1. The number of aromatic nitrogens is 4. The predicted octanol–water partition coefficient (Wildman–Crippen LogP) is 2.49. The molecule has 0 fully saturated rings. The lowest BCUT2D eigenvalue weighted by Crippen LogP contribution is -2.49. The van der Waals surface area contributed by atoms with Gasteiger partial charge in [0.15, 0.2) is 12.4 Å². The number of hydrogen-bond acceptors (Lipinski definition) is 5. The monoisotopic (exact) mass is 521 g/mol. The van der Waals surface area contributed by atoms with Gasteiger partial charge in [-0.2, -0.15) is 4.57 Å². The summed E-state index contributed by atoms with van der Waals surface area (Å²) in [5.74, 6) is -1.67. The van der Waals surface area contributed by atoms with Gasteiger partial charge in [-0.3, -0.25) is 23.7 Å². The second-order valence-electron chi connectivity index (χ2n) is 7.84. The zero-order valence-electron chi connectivity index (χ0n) is 18.5. The van der Waals surface area contributed by atoms with Crippen molar-refractivity contribution in [3.05, 3.63) is 121 Å². The molecule has 8 nitrogen and oxygen atoms in total. The average molecular weight is 522 g/mol. The van der Waals surface area contributed by atoms with E-state index in [1.807, 2.05) is 6.07 Å². The van der Waals surface area contributed by atoms with Gasteiger partial charge < -0.3 is 5.11 Å². The number of pyridine rings is 2. The maximum atomic E-state index is 13.9. The summed E-state index contributed by atoms with van der Waals surface area (Å²) in [5, 5.41) is 11.0. The largest absolute Gasteiger partial charge is 0.494 e. The van der Waals surface area contributed by atoms with E-state index < -0.39 is 29.1 Å². The van der Waals surface area contributed by atoms with Gasteiger partial charge in [-0.25, -0.2) is 4.79 Å². The molecule has 0 saturated carbocycles. The number of carbonyl (C=O) groups is 1. The SMILES string of the molecule is Cn1c(O)c(C(c2ccc(Br)cc2)C(C(=O)c2ccncc2)[n+]2ccccc2)c(=O)n(C)c1=O. The first kappa shape index (κ1) is 23.3. The van der Waals surface area contributed by atoms with Crippen LogP contribution in [-0.2, 0) is 14.1 Å². The third-order valence-electron chi connectivity index (χ3n) is 5.82. The number of aromatic hydroxyl groups is 1. The Kier molecular flexibility index (Phi) is 6.56. The molecule has 0 bridgehead atoms. The molecule has 4 aromatic rings. The van der Waals surface area contributed by atoms with Crippen molar-refractivity contribution in [1.29, 1.82) is 0 Å². The zero-order valence-corrected chi connectivity index (χ0v) is 20.1. The van der Waals surface area contributed by atoms with E-state index >= 15 is 0 Å². The van der Waals surface area contributed by atoms with E-state index in [0.717, 1.165) is 13.6 Å². The molecular weight excluding hydrogens is 500 g/mol. The topological polar surface area (TPSA) is 98.1 Å². The molecule has 0 radical (unpaired) electrons. The van der Waals surface area contributed by atoms with E-state index in [4.69, 9.17) is 0 Å².